The van der Waals surface area contributed by atoms with E-state index in [0.29, 0.717) is 23.4 Å². The van der Waals surface area contributed by atoms with Crippen LogP contribution in [-0.2, 0) is 4.74 Å². The van der Waals surface area contributed by atoms with Crippen LogP contribution in [0.1, 0.15) is 55.4 Å². The highest BCUT2D eigenvalue weighted by molar-refractivity contribution is 6.32. The lowest BCUT2D eigenvalue weighted by Gasteiger charge is -2.22. The zero-order valence-corrected chi connectivity index (χ0v) is 10.7. The Morgan fingerprint density at radius 1 is 1.53 bits per heavy atom. The molecule has 0 spiro atoms. The molecular weight excluding hydrogens is 240 g/mol. The minimum Gasteiger partial charge on any atom is -0.462 e. The van der Waals surface area contributed by atoms with Gasteiger partial charge in [0.15, 0.2) is 0 Å². The number of aromatic nitrogens is 2. The Morgan fingerprint density at radius 2 is 2.24 bits per heavy atom. The Morgan fingerprint density at radius 3 is 2.88 bits per heavy atom. The average Bonchev–Trinajstić information content (AvgIpc) is 2.72. The molecule has 0 atom stereocenters. The molecule has 1 aromatic heterocycles. The molecule has 0 aromatic carbocycles. The van der Waals surface area contributed by atoms with Crippen LogP contribution in [0, 0.1) is 0 Å². The Hall–Kier alpha value is -1.03. The van der Waals surface area contributed by atoms with Crippen LogP contribution < -0.4 is 0 Å². The Bertz CT molecular complexity index is 397. The van der Waals surface area contributed by atoms with Crippen LogP contribution in [0.2, 0.25) is 5.15 Å². The second kappa shape index (κ2) is 5.54. The van der Waals surface area contributed by atoms with Gasteiger partial charge in [-0.3, -0.25) is 4.68 Å². The third-order valence-corrected chi connectivity index (χ3v) is 3.53. The van der Waals surface area contributed by atoms with Crippen molar-refractivity contribution in [1.29, 1.82) is 0 Å². The molecule has 1 aliphatic rings. The maximum atomic E-state index is 11.6. The van der Waals surface area contributed by atoms with Gasteiger partial charge in [-0.05, 0) is 19.8 Å². The lowest BCUT2D eigenvalue weighted by Crippen LogP contribution is -2.14. The van der Waals surface area contributed by atoms with Gasteiger partial charge in [-0.2, -0.15) is 5.10 Å². The summed E-state index contributed by atoms with van der Waals surface area (Å²) in [5.41, 5.74) is 0.374. The molecule has 0 unspecified atom stereocenters. The fraction of sp³-hybridized carbons (Fsp3) is 0.667. The number of esters is 1. The second-order valence-corrected chi connectivity index (χ2v) is 4.66. The summed E-state index contributed by atoms with van der Waals surface area (Å²) < 4.78 is 6.70. The van der Waals surface area contributed by atoms with E-state index in [0.717, 1.165) is 12.8 Å². The molecule has 1 aliphatic carbocycles. The van der Waals surface area contributed by atoms with Gasteiger partial charge in [0.25, 0.3) is 0 Å². The quantitative estimate of drug-likeness (QED) is 0.780. The molecule has 5 heteroatoms. The first-order valence-corrected chi connectivity index (χ1v) is 6.52. The molecule has 1 fully saturated rings. The molecule has 2 rings (SSSR count). The van der Waals surface area contributed by atoms with Crippen molar-refractivity contribution in [1.82, 2.24) is 9.78 Å². The number of ether oxygens (including phenoxy) is 1. The van der Waals surface area contributed by atoms with Crippen LogP contribution in [0.25, 0.3) is 0 Å². The fourth-order valence-electron chi connectivity index (χ4n) is 2.27. The zero-order valence-electron chi connectivity index (χ0n) is 9.99. The van der Waals surface area contributed by atoms with Gasteiger partial charge in [0.1, 0.15) is 10.7 Å². The standard InChI is InChI=1S/C12H17ClN2O2/c1-2-17-12(16)10-8-14-15(11(10)13)9-6-4-3-5-7-9/h8-9H,2-7H2,1H3. The largest absolute Gasteiger partial charge is 0.462 e. The van der Waals surface area contributed by atoms with E-state index in [4.69, 9.17) is 16.3 Å². The first-order valence-electron chi connectivity index (χ1n) is 6.14. The van der Waals surface area contributed by atoms with Gasteiger partial charge in [-0.25, -0.2) is 4.79 Å². The molecule has 0 amide bonds. The van der Waals surface area contributed by atoms with Crippen molar-refractivity contribution in [2.24, 2.45) is 0 Å². The number of nitrogens with zero attached hydrogens (tertiary/aromatic N) is 2. The van der Waals surface area contributed by atoms with E-state index in [2.05, 4.69) is 5.10 Å². The van der Waals surface area contributed by atoms with Crippen molar-refractivity contribution < 1.29 is 9.53 Å². The molecular formula is C12H17ClN2O2. The van der Waals surface area contributed by atoms with E-state index in [1.807, 2.05) is 0 Å². The smallest absolute Gasteiger partial charge is 0.342 e. The molecule has 1 aromatic rings. The molecule has 0 N–H and O–H groups in total. The highest BCUT2D eigenvalue weighted by Crippen LogP contribution is 2.31. The van der Waals surface area contributed by atoms with Gasteiger partial charge in [-0.15, -0.1) is 0 Å². The molecule has 0 bridgehead atoms. The predicted molar refractivity (Wildman–Crippen MR) is 65.3 cm³/mol. The average molecular weight is 257 g/mol. The highest BCUT2D eigenvalue weighted by Gasteiger charge is 2.23. The van der Waals surface area contributed by atoms with Crippen LogP contribution >= 0.6 is 11.6 Å². The summed E-state index contributed by atoms with van der Waals surface area (Å²) in [6.07, 6.45) is 7.37. The third-order valence-electron chi connectivity index (χ3n) is 3.15. The van der Waals surface area contributed by atoms with E-state index in [1.54, 1.807) is 11.6 Å². The van der Waals surface area contributed by atoms with Crippen molar-refractivity contribution in [3.05, 3.63) is 16.9 Å². The Balaban J connectivity index is 2.16. The molecule has 1 saturated carbocycles. The summed E-state index contributed by atoms with van der Waals surface area (Å²) in [5, 5.41) is 4.64. The van der Waals surface area contributed by atoms with E-state index in [1.165, 1.54) is 25.5 Å². The number of rotatable bonds is 3. The molecule has 0 aliphatic heterocycles. The topological polar surface area (TPSA) is 44.1 Å². The number of hydrogen-bond acceptors (Lipinski definition) is 3. The lowest BCUT2D eigenvalue weighted by atomic mass is 9.96. The zero-order chi connectivity index (χ0) is 12.3. The van der Waals surface area contributed by atoms with Crippen molar-refractivity contribution in [2.45, 2.75) is 45.1 Å². The van der Waals surface area contributed by atoms with Crippen molar-refractivity contribution in [3.63, 3.8) is 0 Å². The van der Waals surface area contributed by atoms with Crippen molar-refractivity contribution in [2.75, 3.05) is 6.61 Å². The van der Waals surface area contributed by atoms with Gasteiger partial charge < -0.3 is 4.74 Å². The monoisotopic (exact) mass is 256 g/mol. The second-order valence-electron chi connectivity index (χ2n) is 4.31. The summed E-state index contributed by atoms with van der Waals surface area (Å²) >= 11 is 6.19. The third kappa shape index (κ3) is 2.63. The summed E-state index contributed by atoms with van der Waals surface area (Å²) in [7, 11) is 0. The Labute approximate surface area is 106 Å². The highest BCUT2D eigenvalue weighted by atomic mass is 35.5. The Kier molecular flexibility index (Phi) is 4.05. The first kappa shape index (κ1) is 12.4. The molecule has 17 heavy (non-hydrogen) atoms. The van der Waals surface area contributed by atoms with E-state index < -0.39 is 0 Å². The van der Waals surface area contributed by atoms with E-state index in [9.17, 15) is 4.79 Å². The van der Waals surface area contributed by atoms with Gasteiger partial charge in [0.2, 0.25) is 0 Å². The summed E-state index contributed by atoms with van der Waals surface area (Å²) in [6.45, 7) is 2.13. The first-order chi connectivity index (χ1) is 8.24. The summed E-state index contributed by atoms with van der Waals surface area (Å²) in [5.74, 6) is -0.389. The van der Waals surface area contributed by atoms with Crippen molar-refractivity contribution >= 4 is 17.6 Å². The van der Waals surface area contributed by atoms with Crippen LogP contribution in [-0.4, -0.2) is 22.4 Å². The van der Waals surface area contributed by atoms with E-state index >= 15 is 0 Å². The maximum Gasteiger partial charge on any atom is 0.342 e. The van der Waals surface area contributed by atoms with E-state index in [-0.39, 0.29) is 5.97 Å². The van der Waals surface area contributed by atoms with Gasteiger partial charge in [0, 0.05) is 0 Å². The fourth-order valence-corrected chi connectivity index (χ4v) is 2.58. The van der Waals surface area contributed by atoms with Crippen LogP contribution in [0.4, 0.5) is 0 Å². The number of hydrogen-bond donors (Lipinski definition) is 0. The molecule has 0 radical (unpaired) electrons. The predicted octanol–water partition coefficient (Wildman–Crippen LogP) is 3.22. The normalized spacial score (nSPS) is 17.1. The van der Waals surface area contributed by atoms with Crippen molar-refractivity contribution in [3.8, 4) is 0 Å². The van der Waals surface area contributed by atoms with Crippen LogP contribution in [0.5, 0.6) is 0 Å². The minimum absolute atomic E-state index is 0.333. The number of carbonyl (C=O) groups excluding carboxylic acids is 1. The molecule has 0 saturated heterocycles. The number of carbonyl (C=O) groups is 1. The summed E-state index contributed by atoms with van der Waals surface area (Å²) in [4.78, 5) is 11.6. The lowest BCUT2D eigenvalue weighted by molar-refractivity contribution is 0.0526. The van der Waals surface area contributed by atoms with Crippen LogP contribution in [0.3, 0.4) is 0 Å². The molecule has 4 nitrogen and oxygen atoms in total. The van der Waals surface area contributed by atoms with Gasteiger partial charge >= 0.3 is 5.97 Å². The molecule has 1 heterocycles. The summed E-state index contributed by atoms with van der Waals surface area (Å²) in [6, 6.07) is 0.333. The van der Waals surface area contributed by atoms with Gasteiger partial charge in [0.05, 0.1) is 18.8 Å². The maximum absolute atomic E-state index is 11.6. The van der Waals surface area contributed by atoms with Crippen LogP contribution in [0.15, 0.2) is 6.20 Å². The van der Waals surface area contributed by atoms with Gasteiger partial charge in [-0.1, -0.05) is 30.9 Å². The SMILES string of the molecule is CCOC(=O)c1cnn(C2CCCCC2)c1Cl. The number of halogens is 1. The minimum atomic E-state index is -0.389. The molecule has 94 valence electrons.